The normalized spacial score (nSPS) is 27.1. The van der Waals surface area contributed by atoms with Gasteiger partial charge >= 0.3 is 5.97 Å². The number of ether oxygens (including phenoxy) is 1. The molecule has 0 aliphatic carbocycles. The fraction of sp³-hybridized carbons (Fsp3) is 0.900. The molecular formula is C10H20N2O3. The van der Waals surface area contributed by atoms with Crippen molar-refractivity contribution in [1.29, 1.82) is 0 Å². The van der Waals surface area contributed by atoms with Crippen LogP contribution >= 0.6 is 0 Å². The summed E-state index contributed by atoms with van der Waals surface area (Å²) in [5, 5.41) is 13.2. The highest BCUT2D eigenvalue weighted by atomic mass is 16.5. The van der Waals surface area contributed by atoms with Crippen LogP contribution in [0.3, 0.4) is 0 Å². The van der Waals surface area contributed by atoms with E-state index < -0.39 is 11.6 Å². The molecule has 0 aromatic carbocycles. The molecule has 2 atom stereocenters. The van der Waals surface area contributed by atoms with E-state index >= 15 is 0 Å². The van der Waals surface area contributed by atoms with Gasteiger partial charge in [-0.3, -0.25) is 4.90 Å². The van der Waals surface area contributed by atoms with E-state index in [0.717, 1.165) is 19.6 Å². The van der Waals surface area contributed by atoms with E-state index in [-0.39, 0.29) is 0 Å². The highest BCUT2D eigenvalue weighted by Gasteiger charge is 2.35. The minimum atomic E-state index is -1.42. The molecular weight excluding hydrogens is 196 g/mol. The number of nitrogens with one attached hydrogen (secondary N) is 1. The Balaban J connectivity index is 2.55. The quantitative estimate of drug-likeness (QED) is 0.605. The number of piperazine rings is 1. The molecule has 0 aromatic heterocycles. The molecule has 0 radical (unpaired) electrons. The maximum Gasteiger partial charge on any atom is 0.338 e. The standard InChI is InChI=1S/C10H20N2O3/c1-8-6-11-4-5-12(8)7-10(2,14)9(13)15-3/h8,11,14H,4-7H2,1-3H3/t8-,10?/m0/s1. The van der Waals surface area contributed by atoms with Gasteiger partial charge in [-0.2, -0.15) is 0 Å². The largest absolute Gasteiger partial charge is 0.467 e. The highest BCUT2D eigenvalue weighted by molar-refractivity contribution is 5.78. The summed E-state index contributed by atoms with van der Waals surface area (Å²) in [5.41, 5.74) is -1.42. The first-order valence-electron chi connectivity index (χ1n) is 5.23. The summed E-state index contributed by atoms with van der Waals surface area (Å²) in [6.45, 7) is 6.50. The van der Waals surface area contributed by atoms with Gasteiger partial charge in [-0.25, -0.2) is 4.79 Å². The minimum absolute atomic E-state index is 0.322. The number of β-amino-alcohol motifs (C(OH)–C–C–N with tert-alkyl or cyclic N) is 1. The van der Waals surface area contributed by atoms with Crippen LogP contribution in [0.4, 0.5) is 0 Å². The molecule has 5 heteroatoms. The van der Waals surface area contributed by atoms with Crippen molar-refractivity contribution in [3.05, 3.63) is 0 Å². The second-order valence-electron chi connectivity index (χ2n) is 4.29. The molecule has 0 amide bonds. The number of carbonyl (C=O) groups excluding carboxylic acids is 1. The number of aliphatic hydroxyl groups is 1. The predicted octanol–water partition coefficient (Wildman–Crippen LogP) is -0.796. The lowest BCUT2D eigenvalue weighted by Crippen LogP contribution is -2.56. The Kier molecular flexibility index (Phi) is 4.07. The van der Waals surface area contributed by atoms with Crippen molar-refractivity contribution >= 4 is 5.97 Å². The lowest BCUT2D eigenvalue weighted by Gasteiger charge is -2.37. The molecule has 1 rings (SSSR count). The van der Waals surface area contributed by atoms with Gasteiger partial charge < -0.3 is 15.2 Å². The van der Waals surface area contributed by atoms with Crippen LogP contribution in [0.1, 0.15) is 13.8 Å². The van der Waals surface area contributed by atoms with Gasteiger partial charge in [0.15, 0.2) is 5.60 Å². The summed E-state index contributed by atoms with van der Waals surface area (Å²) < 4.78 is 4.56. The van der Waals surface area contributed by atoms with E-state index in [1.807, 2.05) is 0 Å². The number of carbonyl (C=O) groups is 1. The van der Waals surface area contributed by atoms with E-state index in [1.54, 1.807) is 0 Å². The van der Waals surface area contributed by atoms with Crippen LogP contribution in [0.5, 0.6) is 0 Å². The highest BCUT2D eigenvalue weighted by Crippen LogP contribution is 2.12. The van der Waals surface area contributed by atoms with Crippen molar-refractivity contribution in [3.63, 3.8) is 0 Å². The Morgan fingerprint density at radius 3 is 2.93 bits per heavy atom. The molecule has 0 spiro atoms. The lowest BCUT2D eigenvalue weighted by atomic mass is 10.0. The van der Waals surface area contributed by atoms with Gasteiger partial charge in [0.2, 0.25) is 0 Å². The molecule has 5 nitrogen and oxygen atoms in total. The van der Waals surface area contributed by atoms with Crippen LogP contribution in [0, 0.1) is 0 Å². The third-order valence-corrected chi connectivity index (χ3v) is 2.78. The van der Waals surface area contributed by atoms with E-state index in [2.05, 4.69) is 21.9 Å². The molecule has 1 saturated heterocycles. The van der Waals surface area contributed by atoms with Gasteiger partial charge in [0.25, 0.3) is 0 Å². The summed E-state index contributed by atoms with van der Waals surface area (Å²) in [4.78, 5) is 13.4. The van der Waals surface area contributed by atoms with Gasteiger partial charge in [-0.05, 0) is 13.8 Å². The van der Waals surface area contributed by atoms with Gasteiger partial charge in [-0.15, -0.1) is 0 Å². The zero-order valence-electron chi connectivity index (χ0n) is 9.62. The molecule has 1 aliphatic heterocycles. The van der Waals surface area contributed by atoms with E-state index in [9.17, 15) is 9.90 Å². The van der Waals surface area contributed by atoms with Crippen molar-refractivity contribution in [2.45, 2.75) is 25.5 Å². The van der Waals surface area contributed by atoms with Crippen LogP contribution in [0.25, 0.3) is 0 Å². The second kappa shape index (κ2) is 4.92. The number of esters is 1. The number of methoxy groups -OCH3 is 1. The van der Waals surface area contributed by atoms with Crippen molar-refractivity contribution in [2.24, 2.45) is 0 Å². The summed E-state index contributed by atoms with van der Waals surface area (Å²) in [7, 11) is 1.29. The number of nitrogens with zero attached hydrogens (tertiary/aromatic N) is 1. The van der Waals surface area contributed by atoms with Crippen LogP contribution < -0.4 is 5.32 Å². The molecule has 1 unspecified atom stereocenters. The molecule has 88 valence electrons. The predicted molar refractivity (Wildman–Crippen MR) is 56.5 cm³/mol. The summed E-state index contributed by atoms with van der Waals surface area (Å²) >= 11 is 0. The van der Waals surface area contributed by atoms with Crippen LogP contribution in [0.2, 0.25) is 0 Å². The average molecular weight is 216 g/mol. The van der Waals surface area contributed by atoms with Crippen LogP contribution in [-0.2, 0) is 9.53 Å². The summed E-state index contributed by atoms with van der Waals surface area (Å²) in [6.07, 6.45) is 0. The average Bonchev–Trinajstić information content (AvgIpc) is 2.20. The Labute approximate surface area is 90.4 Å². The number of hydrogen-bond donors (Lipinski definition) is 2. The molecule has 0 bridgehead atoms. The molecule has 1 heterocycles. The molecule has 1 fully saturated rings. The first-order chi connectivity index (χ1) is 6.97. The smallest absolute Gasteiger partial charge is 0.338 e. The molecule has 0 saturated carbocycles. The zero-order valence-corrected chi connectivity index (χ0v) is 9.62. The number of rotatable bonds is 3. The SMILES string of the molecule is COC(=O)C(C)(O)CN1CCNC[C@@H]1C. The Bertz CT molecular complexity index is 231. The molecule has 2 N–H and O–H groups in total. The monoisotopic (exact) mass is 216 g/mol. The fourth-order valence-corrected chi connectivity index (χ4v) is 1.80. The molecule has 1 aliphatic rings. The maximum absolute atomic E-state index is 11.3. The first-order valence-corrected chi connectivity index (χ1v) is 5.23. The van der Waals surface area contributed by atoms with Crippen molar-refractivity contribution < 1.29 is 14.6 Å². The Hall–Kier alpha value is -0.650. The van der Waals surface area contributed by atoms with Crippen molar-refractivity contribution in [2.75, 3.05) is 33.3 Å². The molecule has 0 aromatic rings. The van der Waals surface area contributed by atoms with Crippen LogP contribution in [-0.4, -0.2) is 60.9 Å². The zero-order chi connectivity index (χ0) is 11.5. The molecule has 15 heavy (non-hydrogen) atoms. The van der Waals surface area contributed by atoms with Gasteiger partial charge in [-0.1, -0.05) is 0 Å². The Morgan fingerprint density at radius 1 is 1.73 bits per heavy atom. The third kappa shape index (κ3) is 3.15. The maximum atomic E-state index is 11.3. The van der Waals surface area contributed by atoms with Crippen LogP contribution in [0.15, 0.2) is 0 Å². The topological polar surface area (TPSA) is 61.8 Å². The van der Waals surface area contributed by atoms with Gasteiger partial charge in [0, 0.05) is 32.2 Å². The van der Waals surface area contributed by atoms with E-state index in [1.165, 1.54) is 14.0 Å². The minimum Gasteiger partial charge on any atom is -0.467 e. The first kappa shape index (κ1) is 12.4. The van der Waals surface area contributed by atoms with Crippen molar-refractivity contribution in [1.82, 2.24) is 10.2 Å². The summed E-state index contributed by atoms with van der Waals surface area (Å²) in [5.74, 6) is -0.576. The Morgan fingerprint density at radius 2 is 2.40 bits per heavy atom. The fourth-order valence-electron chi connectivity index (χ4n) is 1.80. The van der Waals surface area contributed by atoms with E-state index in [0.29, 0.717) is 12.6 Å². The second-order valence-corrected chi connectivity index (χ2v) is 4.29. The van der Waals surface area contributed by atoms with Gasteiger partial charge in [0.1, 0.15) is 0 Å². The lowest BCUT2D eigenvalue weighted by molar-refractivity contribution is -0.163. The third-order valence-electron chi connectivity index (χ3n) is 2.78. The van der Waals surface area contributed by atoms with Crippen molar-refractivity contribution in [3.8, 4) is 0 Å². The van der Waals surface area contributed by atoms with E-state index in [4.69, 9.17) is 0 Å². The van der Waals surface area contributed by atoms with Gasteiger partial charge in [0.05, 0.1) is 7.11 Å². The summed E-state index contributed by atoms with van der Waals surface area (Å²) in [6, 6.07) is 0.329. The number of hydrogen-bond acceptors (Lipinski definition) is 5.